The average molecular weight is 156 g/mol. The molecule has 0 spiro atoms. The zero-order valence-electron chi connectivity index (χ0n) is 7.72. The van der Waals surface area contributed by atoms with Gasteiger partial charge in [-0.1, -0.05) is 0 Å². The number of rotatable bonds is 1. The normalized spacial score (nSPS) is 22.6. The van der Waals surface area contributed by atoms with Crippen molar-refractivity contribution < 1.29 is 4.48 Å². The molecule has 0 saturated carbocycles. The molecule has 1 aliphatic rings. The van der Waals surface area contributed by atoms with Crippen molar-refractivity contribution in [3.05, 3.63) is 0 Å². The minimum absolute atomic E-state index is 0.911. The van der Waals surface area contributed by atoms with E-state index in [1.165, 1.54) is 13.0 Å². The van der Waals surface area contributed by atoms with Gasteiger partial charge in [-0.05, 0) is 6.92 Å². The molecule has 0 bridgehead atoms. The van der Waals surface area contributed by atoms with Gasteiger partial charge in [-0.25, -0.2) is 4.99 Å². The minimum Gasteiger partial charge on any atom is -0.325 e. The fourth-order valence-electron chi connectivity index (χ4n) is 1.38. The third kappa shape index (κ3) is 1.93. The Bertz CT molecular complexity index is 161. The van der Waals surface area contributed by atoms with Crippen LogP contribution in [-0.2, 0) is 0 Å². The van der Waals surface area contributed by atoms with Crippen molar-refractivity contribution in [3.63, 3.8) is 0 Å². The summed E-state index contributed by atoms with van der Waals surface area (Å²) in [5.41, 5.74) is 0. The first-order valence-electron chi connectivity index (χ1n) is 4.28. The van der Waals surface area contributed by atoms with Crippen LogP contribution in [0, 0.1) is 0 Å². The zero-order chi connectivity index (χ0) is 8.32. The minimum atomic E-state index is 0.911. The zero-order valence-corrected chi connectivity index (χ0v) is 7.72. The Morgan fingerprint density at radius 1 is 1.55 bits per heavy atom. The molecule has 1 rings (SSSR count). The smallest absolute Gasteiger partial charge is 0.297 e. The highest BCUT2D eigenvalue weighted by molar-refractivity contribution is 5.73. The lowest BCUT2D eigenvalue weighted by molar-refractivity contribution is -0.804. The highest BCUT2D eigenvalue weighted by Crippen LogP contribution is 2.06. The number of nitrogens with one attached hydrogen (secondary N) is 1. The Kier molecular flexibility index (Phi) is 2.49. The van der Waals surface area contributed by atoms with Crippen LogP contribution in [0.5, 0.6) is 0 Å². The highest BCUT2D eigenvalue weighted by atomic mass is 15.4. The van der Waals surface area contributed by atoms with Crippen LogP contribution in [0.1, 0.15) is 13.3 Å². The molecule has 64 valence electrons. The molecule has 11 heavy (non-hydrogen) atoms. The van der Waals surface area contributed by atoms with Crippen LogP contribution in [0.3, 0.4) is 0 Å². The number of hydrogen-bond donors (Lipinski definition) is 1. The maximum absolute atomic E-state index is 4.45. The molecule has 0 aromatic carbocycles. The quantitative estimate of drug-likeness (QED) is 0.547. The van der Waals surface area contributed by atoms with Crippen LogP contribution < -0.4 is 5.32 Å². The number of nitrogens with zero attached hydrogens (tertiary/aromatic N) is 2. The van der Waals surface area contributed by atoms with Gasteiger partial charge in [0.25, 0.3) is 5.96 Å². The van der Waals surface area contributed by atoms with Gasteiger partial charge < -0.3 is 5.32 Å². The maximum Gasteiger partial charge on any atom is 0.297 e. The molecule has 3 heteroatoms. The Balaban J connectivity index is 2.64. The molecule has 1 N–H and O–H groups in total. The van der Waals surface area contributed by atoms with Crippen LogP contribution in [-0.4, -0.2) is 44.2 Å². The number of guanidine groups is 1. The van der Waals surface area contributed by atoms with E-state index in [-0.39, 0.29) is 0 Å². The molecule has 0 aromatic rings. The van der Waals surface area contributed by atoms with Crippen LogP contribution in [0.2, 0.25) is 0 Å². The summed E-state index contributed by atoms with van der Waals surface area (Å²) in [5.74, 6) is 1.14. The van der Waals surface area contributed by atoms with E-state index in [9.17, 15) is 0 Å². The van der Waals surface area contributed by atoms with Gasteiger partial charge in [-0.15, -0.1) is 0 Å². The van der Waals surface area contributed by atoms with E-state index in [1.54, 1.807) is 0 Å². The highest BCUT2D eigenvalue weighted by Gasteiger charge is 2.25. The van der Waals surface area contributed by atoms with E-state index in [0.29, 0.717) is 0 Å². The molecule has 3 nitrogen and oxygen atoms in total. The third-order valence-electron chi connectivity index (χ3n) is 2.05. The van der Waals surface area contributed by atoms with Gasteiger partial charge in [0.2, 0.25) is 0 Å². The Morgan fingerprint density at radius 3 is 2.82 bits per heavy atom. The molecule has 0 aliphatic carbocycles. The summed E-state index contributed by atoms with van der Waals surface area (Å²) in [6.45, 7) is 5.27. The van der Waals surface area contributed by atoms with Gasteiger partial charge in [0.15, 0.2) is 0 Å². The van der Waals surface area contributed by atoms with E-state index in [2.05, 4.69) is 31.3 Å². The van der Waals surface area contributed by atoms with Crippen molar-refractivity contribution in [2.45, 2.75) is 13.3 Å². The molecule has 0 aromatic heterocycles. The predicted molar refractivity (Wildman–Crippen MR) is 47.6 cm³/mol. The second-order valence-electron chi connectivity index (χ2n) is 3.50. The molecular formula is C8H18N3+. The van der Waals surface area contributed by atoms with E-state index in [0.717, 1.165) is 23.5 Å². The molecule has 1 heterocycles. The predicted octanol–water partition coefficient (Wildman–Crippen LogP) is 0.432. The first kappa shape index (κ1) is 8.53. The van der Waals surface area contributed by atoms with Crippen molar-refractivity contribution in [2.75, 3.05) is 33.7 Å². The lowest BCUT2D eigenvalue weighted by Crippen LogP contribution is -2.55. The molecule has 0 radical (unpaired) electrons. The van der Waals surface area contributed by atoms with Gasteiger partial charge in [0.1, 0.15) is 0 Å². The molecule has 1 aliphatic heterocycles. The van der Waals surface area contributed by atoms with Gasteiger partial charge in [0, 0.05) is 13.0 Å². The van der Waals surface area contributed by atoms with Crippen LogP contribution in [0.15, 0.2) is 4.99 Å². The van der Waals surface area contributed by atoms with Crippen molar-refractivity contribution in [1.29, 1.82) is 0 Å². The summed E-state index contributed by atoms with van der Waals surface area (Å²) >= 11 is 0. The van der Waals surface area contributed by atoms with Gasteiger partial charge in [-0.2, -0.15) is 0 Å². The first-order chi connectivity index (χ1) is 5.17. The summed E-state index contributed by atoms with van der Waals surface area (Å²) in [6.07, 6.45) is 1.21. The maximum atomic E-state index is 4.45. The monoisotopic (exact) mass is 156 g/mol. The lowest BCUT2D eigenvalue weighted by Gasteiger charge is -2.32. The molecule has 0 unspecified atom stereocenters. The van der Waals surface area contributed by atoms with Gasteiger partial charge in [-0.3, -0.25) is 4.48 Å². The lowest BCUT2D eigenvalue weighted by atomic mass is 10.3. The number of aliphatic imine (C=N–C) groups is 1. The van der Waals surface area contributed by atoms with Crippen LogP contribution in [0.4, 0.5) is 0 Å². The van der Waals surface area contributed by atoms with Crippen LogP contribution in [0.25, 0.3) is 0 Å². The fraction of sp³-hybridized carbons (Fsp3) is 0.875. The van der Waals surface area contributed by atoms with Crippen LogP contribution >= 0.6 is 0 Å². The van der Waals surface area contributed by atoms with E-state index in [1.807, 2.05) is 0 Å². The SMILES string of the molecule is CCNC1=NCCC[N+]1(C)C. The number of hydrogen-bond acceptors (Lipinski definition) is 2. The average Bonchev–Trinajstić information content (AvgIpc) is 1.94. The van der Waals surface area contributed by atoms with E-state index < -0.39 is 0 Å². The molecule has 0 saturated heterocycles. The van der Waals surface area contributed by atoms with Crippen molar-refractivity contribution in [1.82, 2.24) is 5.32 Å². The summed E-state index contributed by atoms with van der Waals surface area (Å²) in [6, 6.07) is 0. The standard InChI is InChI=1S/C8H18N3/c1-4-9-8-10-6-5-7-11(8,2)3/h4-7H2,1-3H3,(H,9,10)/q+1. The number of quaternary nitrogens is 1. The van der Waals surface area contributed by atoms with Gasteiger partial charge >= 0.3 is 0 Å². The Hall–Kier alpha value is -0.570. The van der Waals surface area contributed by atoms with Gasteiger partial charge in [0.05, 0.1) is 27.2 Å². The van der Waals surface area contributed by atoms with E-state index >= 15 is 0 Å². The van der Waals surface area contributed by atoms with Crippen molar-refractivity contribution in [2.24, 2.45) is 4.99 Å². The summed E-state index contributed by atoms with van der Waals surface area (Å²) in [7, 11) is 4.39. The summed E-state index contributed by atoms with van der Waals surface area (Å²) < 4.78 is 0.911. The van der Waals surface area contributed by atoms with Crippen molar-refractivity contribution in [3.8, 4) is 0 Å². The topological polar surface area (TPSA) is 24.4 Å². The molecule has 0 fully saturated rings. The van der Waals surface area contributed by atoms with E-state index in [4.69, 9.17) is 0 Å². The Morgan fingerprint density at radius 2 is 2.27 bits per heavy atom. The third-order valence-corrected chi connectivity index (χ3v) is 2.05. The summed E-state index contributed by atoms with van der Waals surface area (Å²) in [5, 5.41) is 3.30. The summed E-state index contributed by atoms with van der Waals surface area (Å²) in [4.78, 5) is 4.45. The molecule has 0 atom stereocenters. The molecule has 0 amide bonds. The fourth-order valence-corrected chi connectivity index (χ4v) is 1.38. The van der Waals surface area contributed by atoms with Crippen molar-refractivity contribution >= 4 is 5.96 Å². The second kappa shape index (κ2) is 3.22. The Labute approximate surface area is 68.7 Å². The molecular weight excluding hydrogens is 138 g/mol. The second-order valence-corrected chi connectivity index (χ2v) is 3.50. The first-order valence-corrected chi connectivity index (χ1v) is 4.28. The largest absolute Gasteiger partial charge is 0.325 e.